The van der Waals surface area contributed by atoms with Gasteiger partial charge >= 0.3 is 5.97 Å². The Morgan fingerprint density at radius 1 is 1.32 bits per heavy atom. The first-order valence-electron chi connectivity index (χ1n) is 6.73. The van der Waals surface area contributed by atoms with Gasteiger partial charge in [-0.3, -0.25) is 0 Å². The Kier molecular flexibility index (Phi) is 5.49. The number of sulfonamides is 1. The van der Waals surface area contributed by atoms with Crippen LogP contribution in [0.25, 0.3) is 0 Å². The molecule has 1 aromatic carbocycles. The number of hydrogen-bond donors (Lipinski definition) is 1. The fourth-order valence-electron chi connectivity index (χ4n) is 2.16. The Balaban J connectivity index is 2.08. The third kappa shape index (κ3) is 3.81. The molecule has 2 rings (SSSR count). The van der Waals surface area contributed by atoms with E-state index in [2.05, 4.69) is 9.46 Å². The van der Waals surface area contributed by atoms with E-state index >= 15 is 0 Å². The molecule has 6 nitrogen and oxygen atoms in total. The zero-order valence-electron chi connectivity index (χ0n) is 12.5. The molecular weight excluding hydrogens is 326 g/mol. The summed E-state index contributed by atoms with van der Waals surface area (Å²) in [6.07, 6.45) is 0.817. The van der Waals surface area contributed by atoms with Gasteiger partial charge in [-0.25, -0.2) is 17.9 Å². The summed E-state index contributed by atoms with van der Waals surface area (Å²) in [4.78, 5) is 11.5. The summed E-state index contributed by atoms with van der Waals surface area (Å²) >= 11 is 1.75. The smallest absolute Gasteiger partial charge is 0.337 e. The number of thioether (sulfide) groups is 1. The van der Waals surface area contributed by atoms with Gasteiger partial charge < -0.3 is 9.47 Å². The molecule has 1 fully saturated rings. The first-order valence-corrected chi connectivity index (χ1v) is 9.37. The highest BCUT2D eigenvalue weighted by Gasteiger charge is 2.35. The van der Waals surface area contributed by atoms with Crippen molar-refractivity contribution in [3.63, 3.8) is 0 Å². The molecule has 22 heavy (non-hydrogen) atoms. The quantitative estimate of drug-likeness (QED) is 0.782. The monoisotopic (exact) mass is 345 g/mol. The summed E-state index contributed by atoms with van der Waals surface area (Å²) in [5.74, 6) is 1.23. The molecule has 0 bridgehead atoms. The van der Waals surface area contributed by atoms with Gasteiger partial charge in [-0.15, -0.1) is 0 Å². The molecule has 1 aliphatic rings. The maximum atomic E-state index is 12.3. The highest BCUT2D eigenvalue weighted by Crippen LogP contribution is 2.30. The third-order valence-corrected chi connectivity index (χ3v) is 6.31. The molecule has 1 aliphatic heterocycles. The molecule has 0 saturated carbocycles. The molecule has 8 heteroatoms. The molecule has 0 aromatic heterocycles. The van der Waals surface area contributed by atoms with Crippen molar-refractivity contribution in [2.24, 2.45) is 0 Å². The maximum absolute atomic E-state index is 12.3. The highest BCUT2D eigenvalue weighted by molar-refractivity contribution is 7.99. The second-order valence-electron chi connectivity index (χ2n) is 5.03. The minimum absolute atomic E-state index is 0.108. The number of rotatable bonds is 6. The van der Waals surface area contributed by atoms with Crippen molar-refractivity contribution in [1.82, 2.24) is 4.72 Å². The van der Waals surface area contributed by atoms with Gasteiger partial charge in [-0.2, -0.15) is 11.8 Å². The third-order valence-electron chi connectivity index (χ3n) is 3.67. The van der Waals surface area contributed by atoms with Crippen LogP contribution < -0.4 is 4.72 Å². The van der Waals surface area contributed by atoms with Crippen LogP contribution in [0.2, 0.25) is 0 Å². The molecule has 1 atom stereocenters. The number of ether oxygens (including phenoxy) is 2. The molecular formula is C14H19NO5S2. The predicted octanol–water partition coefficient (Wildman–Crippen LogP) is 1.27. The van der Waals surface area contributed by atoms with Gasteiger partial charge in [0.05, 0.1) is 23.2 Å². The lowest BCUT2D eigenvalue weighted by molar-refractivity contribution is 0.0179. The van der Waals surface area contributed by atoms with Gasteiger partial charge in [-0.05, 0) is 36.4 Å². The SMILES string of the molecule is COC(=O)c1ccc(S(=O)(=O)NCC2(OC)CCSC2)cc1. The largest absolute Gasteiger partial charge is 0.465 e. The van der Waals surface area contributed by atoms with Crippen LogP contribution in [0, 0.1) is 0 Å². The van der Waals surface area contributed by atoms with Crippen LogP contribution in [-0.2, 0) is 19.5 Å². The summed E-state index contributed by atoms with van der Waals surface area (Å²) in [6.45, 7) is 0.234. The summed E-state index contributed by atoms with van der Waals surface area (Å²) < 4.78 is 37.3. The van der Waals surface area contributed by atoms with Crippen molar-refractivity contribution in [2.45, 2.75) is 16.9 Å². The number of nitrogens with one attached hydrogen (secondary N) is 1. The number of methoxy groups -OCH3 is 2. The van der Waals surface area contributed by atoms with E-state index in [4.69, 9.17) is 4.74 Å². The molecule has 1 heterocycles. The molecule has 1 saturated heterocycles. The molecule has 0 spiro atoms. The van der Waals surface area contributed by atoms with Gasteiger partial charge in [-0.1, -0.05) is 0 Å². The van der Waals surface area contributed by atoms with E-state index in [0.717, 1.165) is 17.9 Å². The normalized spacial score (nSPS) is 21.7. The highest BCUT2D eigenvalue weighted by atomic mass is 32.2. The fourth-order valence-corrected chi connectivity index (χ4v) is 4.67. The summed E-state index contributed by atoms with van der Waals surface area (Å²) in [7, 11) is -0.758. The van der Waals surface area contributed by atoms with Crippen LogP contribution in [-0.4, -0.2) is 52.3 Å². The van der Waals surface area contributed by atoms with Gasteiger partial charge in [0.2, 0.25) is 10.0 Å². The lowest BCUT2D eigenvalue weighted by Gasteiger charge is -2.26. The van der Waals surface area contributed by atoms with E-state index in [1.807, 2.05) is 0 Å². The second-order valence-corrected chi connectivity index (χ2v) is 7.90. The van der Waals surface area contributed by atoms with Crippen LogP contribution >= 0.6 is 11.8 Å². The summed E-state index contributed by atoms with van der Waals surface area (Å²) in [6, 6.07) is 5.63. The second kappa shape index (κ2) is 6.99. The molecule has 1 aromatic rings. The molecule has 1 unspecified atom stereocenters. The predicted molar refractivity (Wildman–Crippen MR) is 84.7 cm³/mol. The van der Waals surface area contributed by atoms with Crippen molar-refractivity contribution in [3.8, 4) is 0 Å². The van der Waals surface area contributed by atoms with Gasteiger partial charge in [0.15, 0.2) is 0 Å². The van der Waals surface area contributed by atoms with E-state index < -0.39 is 21.6 Å². The molecule has 0 aliphatic carbocycles. The Morgan fingerprint density at radius 3 is 2.50 bits per heavy atom. The number of hydrogen-bond acceptors (Lipinski definition) is 6. The molecule has 122 valence electrons. The standard InChI is InChI=1S/C14H19NO5S2/c1-19-13(16)11-3-5-12(6-4-11)22(17,18)15-9-14(20-2)7-8-21-10-14/h3-6,15H,7-10H2,1-2H3. The van der Waals surface area contributed by atoms with E-state index in [1.54, 1.807) is 18.9 Å². The van der Waals surface area contributed by atoms with Gasteiger partial charge in [0.25, 0.3) is 0 Å². The first kappa shape index (κ1) is 17.3. The Bertz CT molecular complexity index is 621. The Labute approximate surface area is 134 Å². The van der Waals surface area contributed by atoms with E-state index in [9.17, 15) is 13.2 Å². The average Bonchev–Trinajstić information content (AvgIpc) is 3.02. The number of esters is 1. The number of carbonyl (C=O) groups excluding carboxylic acids is 1. The lowest BCUT2D eigenvalue weighted by Crippen LogP contribution is -2.44. The fraction of sp³-hybridized carbons (Fsp3) is 0.500. The molecule has 1 N–H and O–H groups in total. The van der Waals surface area contributed by atoms with Crippen LogP contribution in [0.3, 0.4) is 0 Å². The van der Waals surface area contributed by atoms with Crippen LogP contribution in [0.15, 0.2) is 29.2 Å². The van der Waals surface area contributed by atoms with Crippen LogP contribution in [0.5, 0.6) is 0 Å². The van der Waals surface area contributed by atoms with Crippen LogP contribution in [0.4, 0.5) is 0 Å². The molecule has 0 amide bonds. The van der Waals surface area contributed by atoms with Gasteiger partial charge in [0, 0.05) is 19.4 Å². The first-order chi connectivity index (χ1) is 10.4. The minimum atomic E-state index is -3.64. The lowest BCUT2D eigenvalue weighted by atomic mass is 10.0. The summed E-state index contributed by atoms with van der Waals surface area (Å²) in [5, 5.41) is 0. The van der Waals surface area contributed by atoms with Crippen molar-refractivity contribution in [3.05, 3.63) is 29.8 Å². The Morgan fingerprint density at radius 2 is 2.00 bits per heavy atom. The zero-order chi connectivity index (χ0) is 16.2. The van der Waals surface area contributed by atoms with E-state index in [1.165, 1.54) is 31.4 Å². The molecule has 0 radical (unpaired) electrons. The van der Waals surface area contributed by atoms with Crippen molar-refractivity contribution >= 4 is 27.8 Å². The van der Waals surface area contributed by atoms with Gasteiger partial charge in [0.1, 0.15) is 0 Å². The zero-order valence-corrected chi connectivity index (χ0v) is 14.1. The maximum Gasteiger partial charge on any atom is 0.337 e. The van der Waals surface area contributed by atoms with Crippen LogP contribution in [0.1, 0.15) is 16.8 Å². The average molecular weight is 345 g/mol. The van der Waals surface area contributed by atoms with E-state index in [0.29, 0.717) is 5.56 Å². The van der Waals surface area contributed by atoms with Crippen molar-refractivity contribution < 1.29 is 22.7 Å². The Hall–Kier alpha value is -1.09. The number of benzene rings is 1. The number of carbonyl (C=O) groups is 1. The topological polar surface area (TPSA) is 81.7 Å². The van der Waals surface area contributed by atoms with E-state index in [-0.39, 0.29) is 11.4 Å². The minimum Gasteiger partial charge on any atom is -0.465 e. The van der Waals surface area contributed by atoms with Crippen molar-refractivity contribution in [2.75, 3.05) is 32.3 Å². The summed E-state index contributed by atoms with van der Waals surface area (Å²) in [5.41, 5.74) is -0.133. The van der Waals surface area contributed by atoms with Crippen molar-refractivity contribution in [1.29, 1.82) is 0 Å².